The van der Waals surface area contributed by atoms with Crippen molar-refractivity contribution in [1.29, 1.82) is 0 Å². The van der Waals surface area contributed by atoms with Crippen LogP contribution in [0, 0.1) is 6.92 Å². The van der Waals surface area contributed by atoms with Crippen molar-refractivity contribution in [3.05, 3.63) is 41.0 Å². The first-order valence-electron chi connectivity index (χ1n) is 5.21. The predicted molar refractivity (Wildman–Crippen MR) is 70.6 cm³/mol. The summed E-state index contributed by atoms with van der Waals surface area (Å²) in [5.41, 5.74) is 5.72. The van der Waals surface area contributed by atoms with Gasteiger partial charge in [0.1, 0.15) is 0 Å². The zero-order valence-electron chi connectivity index (χ0n) is 9.68. The highest BCUT2D eigenvalue weighted by Crippen LogP contribution is 2.27. The third-order valence-corrected chi connectivity index (χ3v) is 3.53. The van der Waals surface area contributed by atoms with Gasteiger partial charge in [-0.05, 0) is 25.0 Å². The molecular weight excluding hydrogens is 232 g/mol. The van der Waals surface area contributed by atoms with Crippen molar-refractivity contribution in [3.63, 3.8) is 0 Å². The average Bonchev–Trinajstić information content (AvgIpc) is 2.76. The highest BCUT2D eigenvalue weighted by Gasteiger charge is 2.05. The Hall–Kier alpha value is -1.81. The molecule has 0 atom stereocenters. The summed E-state index contributed by atoms with van der Waals surface area (Å²) in [6.07, 6.45) is 0.566. The molecule has 0 saturated heterocycles. The van der Waals surface area contributed by atoms with Crippen LogP contribution in [0.5, 0.6) is 0 Å². The molecule has 0 saturated carbocycles. The maximum Gasteiger partial charge on any atom is 0.233 e. The molecule has 1 amide bonds. The van der Waals surface area contributed by atoms with E-state index in [0.717, 1.165) is 22.5 Å². The number of aryl methyl sites for hydroxylation is 1. The van der Waals surface area contributed by atoms with Crippen LogP contribution in [0.1, 0.15) is 18.2 Å². The summed E-state index contributed by atoms with van der Waals surface area (Å²) in [7, 11) is 0. The number of hydrogen-bond acceptors (Lipinski definition) is 3. The highest BCUT2D eigenvalue weighted by atomic mass is 32.1. The fourth-order valence-electron chi connectivity index (χ4n) is 1.60. The molecule has 3 nitrogen and oxygen atoms in total. The molecule has 17 heavy (non-hydrogen) atoms. The topological polar surface area (TPSA) is 42.3 Å². The van der Waals surface area contributed by atoms with Gasteiger partial charge in [0.15, 0.2) is 0 Å². The van der Waals surface area contributed by atoms with Crippen molar-refractivity contribution in [2.75, 3.05) is 0 Å². The van der Waals surface area contributed by atoms with Crippen LogP contribution in [-0.4, -0.2) is 17.1 Å². The maximum absolute atomic E-state index is 10.3. The molecule has 0 aliphatic heterocycles. The van der Waals surface area contributed by atoms with E-state index in [-0.39, 0.29) is 0 Å². The second-order valence-electron chi connectivity index (χ2n) is 3.66. The van der Waals surface area contributed by atoms with E-state index in [9.17, 15) is 4.79 Å². The third kappa shape index (κ3) is 2.47. The number of rotatable bonds is 3. The Morgan fingerprint density at radius 1 is 1.35 bits per heavy atom. The van der Waals surface area contributed by atoms with E-state index >= 15 is 0 Å². The molecule has 1 aromatic carbocycles. The van der Waals surface area contributed by atoms with Gasteiger partial charge in [0.05, 0.1) is 16.1 Å². The molecule has 2 rings (SSSR count). The standard InChI is InChI=1S/C13H12N2OS/c1-9(14-7-16)11-3-5-12(6-4-11)13-10(2)15-8-17-13/h3-8H,1-2H3. The van der Waals surface area contributed by atoms with Gasteiger partial charge in [-0.1, -0.05) is 24.3 Å². The summed E-state index contributed by atoms with van der Waals surface area (Å²) < 4.78 is 0. The number of thiazole rings is 1. The molecule has 86 valence electrons. The second-order valence-corrected chi connectivity index (χ2v) is 4.52. The fraction of sp³-hybridized carbons (Fsp3) is 0.154. The Balaban J connectivity index is 2.34. The van der Waals surface area contributed by atoms with Gasteiger partial charge in [0.2, 0.25) is 6.41 Å². The van der Waals surface area contributed by atoms with Crippen LogP contribution in [0.15, 0.2) is 34.8 Å². The first-order chi connectivity index (χ1) is 8.22. The van der Waals surface area contributed by atoms with E-state index in [1.807, 2.05) is 43.6 Å². The lowest BCUT2D eigenvalue weighted by Crippen LogP contribution is -1.94. The van der Waals surface area contributed by atoms with E-state index < -0.39 is 0 Å². The normalized spacial score (nSPS) is 11.5. The van der Waals surface area contributed by atoms with Crippen LogP contribution in [0.25, 0.3) is 10.4 Å². The molecule has 4 heteroatoms. The number of carbonyl (C=O) groups excluding carboxylic acids is 1. The number of nitrogens with zero attached hydrogens (tertiary/aromatic N) is 2. The lowest BCUT2D eigenvalue weighted by atomic mass is 10.1. The molecule has 0 fully saturated rings. The molecule has 0 unspecified atom stereocenters. The Morgan fingerprint density at radius 3 is 2.59 bits per heavy atom. The fourth-order valence-corrected chi connectivity index (χ4v) is 2.41. The molecule has 1 aromatic heterocycles. The van der Waals surface area contributed by atoms with Gasteiger partial charge in [-0.2, -0.15) is 0 Å². The summed E-state index contributed by atoms with van der Waals surface area (Å²) in [6, 6.07) is 7.99. The van der Waals surface area contributed by atoms with Crippen molar-refractivity contribution in [1.82, 2.24) is 4.98 Å². The molecule has 0 aliphatic carbocycles. The highest BCUT2D eigenvalue weighted by molar-refractivity contribution is 7.13. The third-order valence-electron chi connectivity index (χ3n) is 2.56. The zero-order chi connectivity index (χ0) is 12.3. The number of hydrogen-bond donors (Lipinski definition) is 0. The van der Waals surface area contributed by atoms with Crippen LogP contribution in [-0.2, 0) is 4.79 Å². The summed E-state index contributed by atoms with van der Waals surface area (Å²) in [5, 5.41) is 0. The van der Waals surface area contributed by atoms with Crippen LogP contribution in [0.3, 0.4) is 0 Å². The number of amides is 1. The number of carbonyl (C=O) groups is 1. The van der Waals surface area contributed by atoms with Crippen molar-refractivity contribution < 1.29 is 4.79 Å². The van der Waals surface area contributed by atoms with E-state index in [1.165, 1.54) is 4.88 Å². The van der Waals surface area contributed by atoms with Crippen molar-refractivity contribution >= 4 is 23.5 Å². The minimum Gasteiger partial charge on any atom is -0.276 e. The van der Waals surface area contributed by atoms with Gasteiger partial charge in [-0.15, -0.1) is 11.3 Å². The summed E-state index contributed by atoms with van der Waals surface area (Å²) in [4.78, 5) is 19.4. The van der Waals surface area contributed by atoms with Crippen molar-refractivity contribution in [2.45, 2.75) is 13.8 Å². The zero-order valence-corrected chi connectivity index (χ0v) is 10.5. The Kier molecular flexibility index (Phi) is 3.44. The van der Waals surface area contributed by atoms with Gasteiger partial charge in [-0.25, -0.2) is 9.98 Å². The van der Waals surface area contributed by atoms with Crippen molar-refractivity contribution in [2.24, 2.45) is 4.99 Å². The van der Waals surface area contributed by atoms with Crippen LogP contribution >= 0.6 is 11.3 Å². The van der Waals surface area contributed by atoms with Crippen LogP contribution in [0.4, 0.5) is 0 Å². The lowest BCUT2D eigenvalue weighted by molar-refractivity contribution is -0.106. The molecule has 0 radical (unpaired) electrons. The largest absolute Gasteiger partial charge is 0.276 e. The monoisotopic (exact) mass is 244 g/mol. The average molecular weight is 244 g/mol. The smallest absolute Gasteiger partial charge is 0.233 e. The van der Waals surface area contributed by atoms with E-state index in [0.29, 0.717) is 6.41 Å². The summed E-state index contributed by atoms with van der Waals surface area (Å²) in [5.74, 6) is 0. The summed E-state index contributed by atoms with van der Waals surface area (Å²) >= 11 is 1.63. The van der Waals surface area contributed by atoms with E-state index in [4.69, 9.17) is 0 Å². The second kappa shape index (κ2) is 5.01. The van der Waals surface area contributed by atoms with Gasteiger partial charge >= 0.3 is 0 Å². The first kappa shape index (κ1) is 11.7. The molecule has 0 spiro atoms. The SMILES string of the molecule is CC(=NC=O)c1ccc(-c2scnc2C)cc1. The Morgan fingerprint density at radius 2 is 2.06 bits per heavy atom. The first-order valence-corrected chi connectivity index (χ1v) is 6.09. The van der Waals surface area contributed by atoms with Crippen LogP contribution in [0.2, 0.25) is 0 Å². The van der Waals surface area contributed by atoms with Gasteiger partial charge in [0.25, 0.3) is 0 Å². The quantitative estimate of drug-likeness (QED) is 0.615. The maximum atomic E-state index is 10.3. The minimum atomic E-state index is 0.566. The predicted octanol–water partition coefficient (Wildman–Crippen LogP) is 3.08. The number of aromatic nitrogens is 1. The van der Waals surface area contributed by atoms with E-state index in [2.05, 4.69) is 9.98 Å². The molecule has 1 heterocycles. The van der Waals surface area contributed by atoms with Crippen LogP contribution < -0.4 is 0 Å². The van der Waals surface area contributed by atoms with Gasteiger partial charge in [-0.3, -0.25) is 4.79 Å². The van der Waals surface area contributed by atoms with E-state index in [1.54, 1.807) is 11.3 Å². The minimum absolute atomic E-state index is 0.566. The Bertz CT molecular complexity index is 555. The molecule has 0 bridgehead atoms. The number of benzene rings is 1. The summed E-state index contributed by atoms with van der Waals surface area (Å²) in [6.45, 7) is 3.82. The van der Waals surface area contributed by atoms with Gasteiger partial charge in [0, 0.05) is 5.71 Å². The molecule has 0 aliphatic rings. The number of aliphatic imine (C=N–C) groups is 1. The Labute approximate surface area is 104 Å². The lowest BCUT2D eigenvalue weighted by Gasteiger charge is -2.02. The molecule has 2 aromatic rings. The molecular formula is C13H12N2OS. The van der Waals surface area contributed by atoms with Crippen molar-refractivity contribution in [3.8, 4) is 10.4 Å². The molecule has 0 N–H and O–H groups in total. The van der Waals surface area contributed by atoms with Gasteiger partial charge < -0.3 is 0 Å².